The van der Waals surface area contributed by atoms with Gasteiger partial charge in [-0.2, -0.15) is 0 Å². The van der Waals surface area contributed by atoms with E-state index in [-0.39, 0.29) is 12.5 Å². The maximum absolute atomic E-state index is 11.3. The number of carbonyl (C=O) groups excluding carboxylic acids is 2. The van der Waals surface area contributed by atoms with Crippen LogP contribution in [0.15, 0.2) is 24.3 Å². The van der Waals surface area contributed by atoms with E-state index in [4.69, 9.17) is 10.5 Å². The van der Waals surface area contributed by atoms with Gasteiger partial charge in [-0.25, -0.2) is 0 Å². The molecule has 0 bridgehead atoms. The molecule has 6 heteroatoms. The van der Waals surface area contributed by atoms with Crippen LogP contribution >= 0.6 is 0 Å². The van der Waals surface area contributed by atoms with E-state index in [2.05, 4.69) is 5.32 Å². The average Bonchev–Trinajstić information content (AvgIpc) is 2.47. The van der Waals surface area contributed by atoms with Gasteiger partial charge in [0.05, 0.1) is 0 Å². The van der Waals surface area contributed by atoms with Crippen molar-refractivity contribution in [1.82, 2.24) is 4.90 Å². The number of nitrogens with one attached hydrogen (secondary N) is 1. The number of nitrogens with two attached hydrogens (primary N) is 1. The number of hydrogen-bond acceptors (Lipinski definition) is 4. The number of primary amides is 1. The van der Waals surface area contributed by atoms with Crippen LogP contribution in [-0.4, -0.2) is 42.5 Å². The van der Waals surface area contributed by atoms with Crippen molar-refractivity contribution in [2.45, 2.75) is 25.8 Å². The van der Waals surface area contributed by atoms with E-state index >= 15 is 0 Å². The van der Waals surface area contributed by atoms with Gasteiger partial charge in [-0.05, 0) is 37.1 Å². The van der Waals surface area contributed by atoms with Crippen molar-refractivity contribution >= 4 is 17.5 Å². The lowest BCUT2D eigenvalue weighted by atomic mass is 10.0. The van der Waals surface area contributed by atoms with Crippen LogP contribution in [0, 0.1) is 0 Å². The number of rotatable bonds is 5. The molecule has 1 heterocycles. The molecular weight excluding hydrogens is 270 g/mol. The fourth-order valence-electron chi connectivity index (χ4n) is 2.38. The normalized spacial score (nSPS) is 15.6. The Bertz CT molecular complexity index is 493. The summed E-state index contributed by atoms with van der Waals surface area (Å²) < 4.78 is 5.21. The van der Waals surface area contributed by atoms with Gasteiger partial charge < -0.3 is 20.7 Å². The number of hydrogen-bond donors (Lipinski definition) is 2. The minimum Gasteiger partial charge on any atom is -0.484 e. The number of benzene rings is 1. The molecule has 0 unspecified atom stereocenters. The van der Waals surface area contributed by atoms with E-state index in [1.54, 1.807) is 19.1 Å². The van der Waals surface area contributed by atoms with E-state index < -0.39 is 5.91 Å². The van der Waals surface area contributed by atoms with Gasteiger partial charge in [-0.15, -0.1) is 0 Å². The van der Waals surface area contributed by atoms with Gasteiger partial charge in [-0.1, -0.05) is 0 Å². The van der Waals surface area contributed by atoms with Gasteiger partial charge >= 0.3 is 0 Å². The second-order valence-electron chi connectivity index (χ2n) is 5.20. The van der Waals surface area contributed by atoms with E-state index in [0.29, 0.717) is 11.8 Å². The van der Waals surface area contributed by atoms with Crippen LogP contribution in [0.2, 0.25) is 0 Å². The number of amides is 2. The van der Waals surface area contributed by atoms with Gasteiger partial charge in [0.25, 0.3) is 5.91 Å². The zero-order valence-corrected chi connectivity index (χ0v) is 12.2. The first-order chi connectivity index (χ1) is 10.0. The summed E-state index contributed by atoms with van der Waals surface area (Å²) in [5, 5.41) is 3.45. The molecule has 0 radical (unpaired) electrons. The largest absolute Gasteiger partial charge is 0.484 e. The van der Waals surface area contributed by atoms with Crippen molar-refractivity contribution in [1.29, 1.82) is 0 Å². The topological polar surface area (TPSA) is 84.7 Å². The molecule has 2 amide bonds. The zero-order chi connectivity index (χ0) is 15.2. The van der Waals surface area contributed by atoms with E-state index in [1.807, 2.05) is 17.0 Å². The molecule has 6 nitrogen and oxygen atoms in total. The zero-order valence-electron chi connectivity index (χ0n) is 12.2. The third-order valence-electron chi connectivity index (χ3n) is 3.55. The average molecular weight is 291 g/mol. The van der Waals surface area contributed by atoms with Crippen LogP contribution < -0.4 is 15.8 Å². The van der Waals surface area contributed by atoms with Gasteiger partial charge in [-0.3, -0.25) is 9.59 Å². The Morgan fingerprint density at radius 2 is 1.90 bits per heavy atom. The summed E-state index contributed by atoms with van der Waals surface area (Å²) in [4.78, 5) is 23.8. The van der Waals surface area contributed by atoms with Crippen molar-refractivity contribution in [2.24, 2.45) is 5.73 Å². The standard InChI is InChI=1S/C15H21N3O3/c1-11(19)18-8-6-13(7-9-18)17-12-2-4-14(5-3-12)21-10-15(16)20/h2-5,13,17H,6-10H2,1H3,(H2,16,20). The molecule has 1 aliphatic heterocycles. The second kappa shape index (κ2) is 6.97. The number of carbonyl (C=O) groups is 2. The SMILES string of the molecule is CC(=O)N1CCC(Nc2ccc(OCC(N)=O)cc2)CC1. The summed E-state index contributed by atoms with van der Waals surface area (Å²) in [5.41, 5.74) is 6.02. The van der Waals surface area contributed by atoms with Crippen LogP contribution in [0.3, 0.4) is 0 Å². The van der Waals surface area contributed by atoms with Gasteiger partial charge in [0, 0.05) is 31.7 Å². The van der Waals surface area contributed by atoms with Crippen molar-refractivity contribution < 1.29 is 14.3 Å². The maximum atomic E-state index is 11.3. The van der Waals surface area contributed by atoms with Crippen molar-refractivity contribution in [3.63, 3.8) is 0 Å². The molecule has 114 valence electrons. The summed E-state index contributed by atoms with van der Waals surface area (Å²) in [7, 11) is 0. The highest BCUT2D eigenvalue weighted by Crippen LogP contribution is 2.19. The monoisotopic (exact) mass is 291 g/mol. The summed E-state index contributed by atoms with van der Waals surface area (Å²) in [5.74, 6) is 0.268. The minimum atomic E-state index is -0.491. The Kier molecular flexibility index (Phi) is 5.03. The molecule has 21 heavy (non-hydrogen) atoms. The summed E-state index contributed by atoms with van der Waals surface area (Å²) in [6, 6.07) is 7.80. The molecule has 3 N–H and O–H groups in total. The second-order valence-corrected chi connectivity index (χ2v) is 5.20. The van der Waals surface area contributed by atoms with Crippen LogP contribution in [-0.2, 0) is 9.59 Å². The molecule has 1 aliphatic rings. The molecule has 0 aliphatic carbocycles. The lowest BCUT2D eigenvalue weighted by molar-refractivity contribution is -0.129. The molecule has 1 saturated heterocycles. The lowest BCUT2D eigenvalue weighted by Gasteiger charge is -2.32. The Labute approximate surface area is 124 Å². The van der Waals surface area contributed by atoms with Gasteiger partial charge in [0.2, 0.25) is 5.91 Å². The number of likely N-dealkylation sites (tertiary alicyclic amines) is 1. The molecular formula is C15H21N3O3. The summed E-state index contributed by atoms with van der Waals surface area (Å²) in [6.45, 7) is 3.09. The highest BCUT2D eigenvalue weighted by molar-refractivity contribution is 5.75. The Hall–Kier alpha value is -2.24. The molecule has 0 saturated carbocycles. The third-order valence-corrected chi connectivity index (χ3v) is 3.55. The molecule has 1 aromatic carbocycles. The van der Waals surface area contributed by atoms with Crippen LogP contribution in [0.25, 0.3) is 0 Å². The van der Waals surface area contributed by atoms with E-state index in [9.17, 15) is 9.59 Å². The quantitative estimate of drug-likeness (QED) is 0.846. The Morgan fingerprint density at radius 1 is 1.29 bits per heavy atom. The Morgan fingerprint density at radius 3 is 2.43 bits per heavy atom. The van der Waals surface area contributed by atoms with Gasteiger partial charge in [0.15, 0.2) is 6.61 Å². The first kappa shape index (κ1) is 15.2. The minimum absolute atomic E-state index is 0.115. The van der Waals surface area contributed by atoms with Crippen LogP contribution in [0.1, 0.15) is 19.8 Å². The molecule has 0 spiro atoms. The predicted molar refractivity (Wildman–Crippen MR) is 80.0 cm³/mol. The molecule has 1 aromatic rings. The first-order valence-corrected chi connectivity index (χ1v) is 7.08. The van der Waals surface area contributed by atoms with Crippen LogP contribution in [0.4, 0.5) is 5.69 Å². The third kappa shape index (κ3) is 4.66. The highest BCUT2D eigenvalue weighted by Gasteiger charge is 2.20. The lowest BCUT2D eigenvalue weighted by Crippen LogP contribution is -2.41. The van der Waals surface area contributed by atoms with E-state index in [0.717, 1.165) is 31.6 Å². The van der Waals surface area contributed by atoms with Crippen LogP contribution in [0.5, 0.6) is 5.75 Å². The molecule has 1 fully saturated rings. The van der Waals surface area contributed by atoms with Crippen molar-refractivity contribution in [3.8, 4) is 5.75 Å². The van der Waals surface area contributed by atoms with Crippen molar-refractivity contribution in [2.75, 3.05) is 25.0 Å². The van der Waals surface area contributed by atoms with Crippen molar-refractivity contribution in [3.05, 3.63) is 24.3 Å². The number of nitrogens with zero attached hydrogens (tertiary/aromatic N) is 1. The first-order valence-electron chi connectivity index (χ1n) is 7.08. The predicted octanol–water partition coefficient (Wildman–Crippen LogP) is 0.973. The Balaban J connectivity index is 1.81. The number of anilines is 1. The molecule has 0 atom stereocenters. The van der Waals surface area contributed by atoms with E-state index in [1.165, 1.54) is 0 Å². The fraction of sp³-hybridized carbons (Fsp3) is 0.467. The smallest absolute Gasteiger partial charge is 0.255 e. The molecule has 0 aromatic heterocycles. The summed E-state index contributed by atoms with van der Waals surface area (Å²) >= 11 is 0. The van der Waals surface area contributed by atoms with Gasteiger partial charge in [0.1, 0.15) is 5.75 Å². The number of piperidine rings is 1. The fourth-order valence-corrected chi connectivity index (χ4v) is 2.38. The summed E-state index contributed by atoms with van der Waals surface area (Å²) in [6.07, 6.45) is 1.89. The highest BCUT2D eigenvalue weighted by atomic mass is 16.5. The number of ether oxygens (including phenoxy) is 1. The maximum Gasteiger partial charge on any atom is 0.255 e. The molecule has 2 rings (SSSR count).